The summed E-state index contributed by atoms with van der Waals surface area (Å²) in [6.45, 7) is 2.30. The Morgan fingerprint density at radius 1 is 1.27 bits per heavy atom. The summed E-state index contributed by atoms with van der Waals surface area (Å²) in [5.41, 5.74) is 4.85. The summed E-state index contributed by atoms with van der Waals surface area (Å²) in [6.07, 6.45) is 2.02. The van der Waals surface area contributed by atoms with E-state index < -0.39 is 6.10 Å². The zero-order valence-corrected chi connectivity index (χ0v) is 17.2. The average Bonchev–Trinajstić information content (AvgIpc) is 3.53. The zero-order chi connectivity index (χ0) is 21.3. The van der Waals surface area contributed by atoms with Crippen LogP contribution < -0.4 is 0 Å². The van der Waals surface area contributed by atoms with E-state index in [1.54, 1.807) is 11.0 Å². The van der Waals surface area contributed by atoms with Gasteiger partial charge in [0, 0.05) is 12.0 Å². The second-order valence-electron chi connectivity index (χ2n) is 8.04. The van der Waals surface area contributed by atoms with E-state index in [1.165, 1.54) is 7.11 Å². The summed E-state index contributed by atoms with van der Waals surface area (Å²) in [5, 5.41) is 24.0. The second-order valence-corrected chi connectivity index (χ2v) is 8.04. The highest BCUT2D eigenvalue weighted by molar-refractivity contribution is 6.00. The summed E-state index contributed by atoms with van der Waals surface area (Å²) < 4.78 is 0. The Morgan fingerprint density at radius 2 is 2.00 bits per heavy atom. The van der Waals surface area contributed by atoms with Gasteiger partial charge in [-0.1, -0.05) is 29.4 Å². The molecule has 6 heteroatoms. The molecule has 1 N–H and O–H groups in total. The number of carbonyl (C=O) groups excluding carboxylic acids is 1. The van der Waals surface area contributed by atoms with Gasteiger partial charge in [0.1, 0.15) is 7.11 Å². The fourth-order valence-corrected chi connectivity index (χ4v) is 4.23. The Bertz CT molecular complexity index is 1020. The molecule has 1 aliphatic carbocycles. The van der Waals surface area contributed by atoms with Crippen molar-refractivity contribution in [1.82, 2.24) is 4.90 Å². The maximum atomic E-state index is 13.2. The Hall–Kier alpha value is -3.17. The molecular weight excluding hydrogens is 378 g/mol. The minimum atomic E-state index is -0.533. The van der Waals surface area contributed by atoms with Crippen LogP contribution in [0.4, 0.5) is 0 Å². The Labute approximate surface area is 176 Å². The number of amides is 1. The molecule has 0 aromatic heterocycles. The summed E-state index contributed by atoms with van der Waals surface area (Å²) in [6, 6.07) is 15.0. The predicted molar refractivity (Wildman–Crippen MR) is 114 cm³/mol. The van der Waals surface area contributed by atoms with Crippen molar-refractivity contribution in [2.45, 2.75) is 38.3 Å². The van der Waals surface area contributed by atoms with Gasteiger partial charge in [-0.15, -0.1) is 0 Å². The first kappa shape index (κ1) is 20.1. The van der Waals surface area contributed by atoms with Gasteiger partial charge in [0.05, 0.1) is 36.0 Å². The van der Waals surface area contributed by atoms with Crippen LogP contribution in [0.15, 0.2) is 47.6 Å². The third-order valence-electron chi connectivity index (χ3n) is 6.08. The van der Waals surface area contributed by atoms with E-state index in [9.17, 15) is 15.2 Å². The molecule has 2 atom stereocenters. The molecule has 6 nitrogen and oxygen atoms in total. The highest BCUT2D eigenvalue weighted by Crippen LogP contribution is 2.38. The zero-order valence-electron chi connectivity index (χ0n) is 17.2. The van der Waals surface area contributed by atoms with Crippen molar-refractivity contribution in [3.63, 3.8) is 0 Å². The molecule has 2 aromatic rings. The van der Waals surface area contributed by atoms with Gasteiger partial charge in [-0.2, -0.15) is 5.26 Å². The van der Waals surface area contributed by atoms with Gasteiger partial charge in [-0.05, 0) is 60.6 Å². The van der Waals surface area contributed by atoms with Crippen LogP contribution in [0.5, 0.6) is 0 Å². The molecule has 0 spiro atoms. The van der Waals surface area contributed by atoms with Gasteiger partial charge in [0.15, 0.2) is 0 Å². The third kappa shape index (κ3) is 3.81. The number of nitrogens with zero attached hydrogens (tertiary/aromatic N) is 3. The number of nitriles is 1. The number of aliphatic hydroxyl groups is 1. The minimum Gasteiger partial charge on any atom is -0.399 e. The fourth-order valence-electron chi connectivity index (χ4n) is 4.23. The van der Waals surface area contributed by atoms with Gasteiger partial charge in [0.2, 0.25) is 0 Å². The molecule has 0 unspecified atom stereocenters. The molecule has 1 amide bonds. The molecule has 1 saturated carbocycles. The Balaban J connectivity index is 1.58. The minimum absolute atomic E-state index is 0.116. The number of rotatable bonds is 5. The van der Waals surface area contributed by atoms with Crippen LogP contribution >= 0.6 is 0 Å². The van der Waals surface area contributed by atoms with Gasteiger partial charge < -0.3 is 14.8 Å². The third-order valence-corrected chi connectivity index (χ3v) is 6.08. The molecule has 2 aliphatic rings. The van der Waals surface area contributed by atoms with Crippen molar-refractivity contribution in [1.29, 1.82) is 5.26 Å². The first-order chi connectivity index (χ1) is 14.5. The van der Waals surface area contributed by atoms with E-state index in [1.807, 2.05) is 43.3 Å². The number of hydrogen-bond donors (Lipinski definition) is 1. The number of carbonyl (C=O) groups is 1. The van der Waals surface area contributed by atoms with Crippen LogP contribution in [0.25, 0.3) is 11.1 Å². The normalized spacial score (nSPS) is 20.8. The number of aliphatic hydroxyl groups excluding tert-OH is 1. The van der Waals surface area contributed by atoms with Gasteiger partial charge >= 0.3 is 0 Å². The lowest BCUT2D eigenvalue weighted by molar-refractivity contribution is 0.0417. The maximum absolute atomic E-state index is 13.2. The topological polar surface area (TPSA) is 85.9 Å². The largest absolute Gasteiger partial charge is 0.399 e. The Morgan fingerprint density at radius 3 is 2.63 bits per heavy atom. The standard InChI is InChI=1S/C24H25N3O3/c1-15-19(13-25)4-3-5-21(15)16-6-10-18(11-7-16)24(29)27-14-20(26-30-2)12-22(27)23(28)17-8-9-17/h3-7,10-11,17,22-23,28H,8-9,12,14H2,1-2H3/b26-20-/t22-,23-/m0/s1. The molecular formula is C24H25N3O3. The second kappa shape index (κ2) is 8.29. The highest BCUT2D eigenvalue weighted by Gasteiger charge is 2.44. The smallest absolute Gasteiger partial charge is 0.254 e. The number of hydrogen-bond acceptors (Lipinski definition) is 5. The highest BCUT2D eigenvalue weighted by atomic mass is 16.6. The SMILES string of the molecule is CO/N=C1/C[C@@H]([C@@H](O)C2CC2)N(C(=O)c2ccc(-c3cccc(C#N)c3C)cc2)C1. The first-order valence-corrected chi connectivity index (χ1v) is 10.2. The molecule has 0 radical (unpaired) electrons. The van der Waals surface area contributed by atoms with Crippen LogP contribution in [0.1, 0.15) is 40.7 Å². The van der Waals surface area contributed by atoms with Crippen LogP contribution in [0, 0.1) is 24.2 Å². The van der Waals surface area contributed by atoms with Crippen molar-refractivity contribution in [3.05, 3.63) is 59.2 Å². The van der Waals surface area contributed by atoms with Crippen molar-refractivity contribution < 1.29 is 14.7 Å². The average molecular weight is 403 g/mol. The lowest BCUT2D eigenvalue weighted by Crippen LogP contribution is -2.43. The van der Waals surface area contributed by atoms with E-state index in [4.69, 9.17) is 4.84 Å². The molecule has 2 aromatic carbocycles. The summed E-state index contributed by atoms with van der Waals surface area (Å²) >= 11 is 0. The molecule has 1 aliphatic heterocycles. The van der Waals surface area contributed by atoms with Gasteiger partial charge in [0.25, 0.3) is 5.91 Å². The van der Waals surface area contributed by atoms with Crippen molar-refractivity contribution in [3.8, 4) is 17.2 Å². The lowest BCUT2D eigenvalue weighted by atomic mass is 9.96. The van der Waals surface area contributed by atoms with E-state index in [-0.39, 0.29) is 17.9 Å². The quantitative estimate of drug-likeness (QED) is 0.774. The predicted octanol–water partition coefficient (Wildman–Crippen LogP) is 3.52. The van der Waals surface area contributed by atoms with E-state index in [2.05, 4.69) is 11.2 Å². The first-order valence-electron chi connectivity index (χ1n) is 10.2. The molecule has 154 valence electrons. The van der Waals surface area contributed by atoms with Gasteiger partial charge in [-0.3, -0.25) is 4.79 Å². The van der Waals surface area contributed by atoms with Crippen molar-refractivity contribution in [2.24, 2.45) is 11.1 Å². The lowest BCUT2D eigenvalue weighted by Gasteiger charge is -2.28. The van der Waals surface area contributed by atoms with Gasteiger partial charge in [-0.25, -0.2) is 0 Å². The van der Waals surface area contributed by atoms with Crippen molar-refractivity contribution in [2.75, 3.05) is 13.7 Å². The Kier molecular flexibility index (Phi) is 5.56. The van der Waals surface area contributed by atoms with Crippen LogP contribution in [0.2, 0.25) is 0 Å². The van der Waals surface area contributed by atoms with Crippen LogP contribution in [-0.4, -0.2) is 47.4 Å². The van der Waals surface area contributed by atoms with Crippen LogP contribution in [-0.2, 0) is 4.84 Å². The molecule has 1 saturated heterocycles. The summed E-state index contributed by atoms with van der Waals surface area (Å²) in [5.74, 6) is 0.153. The summed E-state index contributed by atoms with van der Waals surface area (Å²) in [7, 11) is 1.49. The number of benzene rings is 2. The monoisotopic (exact) mass is 403 g/mol. The van der Waals surface area contributed by atoms with E-state index in [0.29, 0.717) is 24.1 Å². The van der Waals surface area contributed by atoms with E-state index >= 15 is 0 Å². The number of oxime groups is 1. The molecule has 1 heterocycles. The van der Waals surface area contributed by atoms with E-state index in [0.717, 1.165) is 35.2 Å². The summed E-state index contributed by atoms with van der Waals surface area (Å²) in [4.78, 5) is 19.9. The maximum Gasteiger partial charge on any atom is 0.254 e. The fraction of sp³-hybridized carbons (Fsp3) is 0.375. The number of likely N-dealkylation sites (tertiary alicyclic amines) is 1. The molecule has 0 bridgehead atoms. The molecule has 30 heavy (non-hydrogen) atoms. The van der Waals surface area contributed by atoms with Crippen molar-refractivity contribution >= 4 is 11.6 Å². The van der Waals surface area contributed by atoms with Crippen LogP contribution in [0.3, 0.4) is 0 Å². The molecule has 2 fully saturated rings. The molecule has 4 rings (SSSR count).